The van der Waals surface area contributed by atoms with Gasteiger partial charge in [-0.1, -0.05) is 35.6 Å². The Morgan fingerprint density at radius 3 is 2.76 bits per heavy atom. The van der Waals surface area contributed by atoms with Gasteiger partial charge in [-0.05, 0) is 35.9 Å². The molecule has 1 unspecified atom stereocenters. The first-order valence-corrected chi connectivity index (χ1v) is 8.83. The number of hydrogen-bond acceptors (Lipinski definition) is 7. The van der Waals surface area contributed by atoms with Crippen molar-refractivity contribution in [3.63, 3.8) is 0 Å². The van der Waals surface area contributed by atoms with E-state index in [-0.39, 0.29) is 16.1 Å². The van der Waals surface area contributed by atoms with Crippen LogP contribution in [0.15, 0.2) is 29.2 Å². The Hall–Kier alpha value is -1.58. The summed E-state index contributed by atoms with van der Waals surface area (Å²) in [6, 6.07) is 7.02. The minimum Gasteiger partial charge on any atom is -0.310 e. The lowest BCUT2D eigenvalue weighted by atomic mass is 10.0. The Kier molecular flexibility index (Phi) is 5.21. The standard InChI is InChI=1S/C12H17N5O2S2/c1-3-11(13-4-2)9-6-5-7-10(8-9)21(18,19)15-12-14-16-17-20-12/h5-8,11,13H,3-4H2,1-2H3,(H,14,15,17). The zero-order chi connectivity index (χ0) is 15.3. The van der Waals surface area contributed by atoms with Crippen molar-refractivity contribution >= 4 is 26.7 Å². The first-order valence-electron chi connectivity index (χ1n) is 6.58. The molecule has 1 aromatic carbocycles. The molecule has 0 saturated heterocycles. The number of aromatic nitrogens is 3. The van der Waals surface area contributed by atoms with Gasteiger partial charge >= 0.3 is 0 Å². The van der Waals surface area contributed by atoms with Gasteiger partial charge in [0.15, 0.2) is 0 Å². The van der Waals surface area contributed by atoms with Crippen molar-refractivity contribution in [1.29, 1.82) is 0 Å². The summed E-state index contributed by atoms with van der Waals surface area (Å²) in [7, 11) is -3.67. The maximum Gasteiger partial charge on any atom is 0.263 e. The molecule has 0 fully saturated rings. The third kappa shape index (κ3) is 3.96. The average Bonchev–Trinajstić information content (AvgIpc) is 2.97. The second-order valence-corrected chi connectivity index (χ2v) is 6.78. The molecule has 1 aromatic heterocycles. The highest BCUT2D eigenvalue weighted by molar-refractivity contribution is 7.93. The largest absolute Gasteiger partial charge is 0.310 e. The number of nitrogens with one attached hydrogen (secondary N) is 2. The van der Waals surface area contributed by atoms with Gasteiger partial charge in [0.25, 0.3) is 10.0 Å². The van der Waals surface area contributed by atoms with Gasteiger partial charge in [-0.25, -0.2) is 8.42 Å². The quantitative estimate of drug-likeness (QED) is 0.805. The SMILES string of the molecule is CCNC(CC)c1cccc(S(=O)(=O)Nc2nnns2)c1. The molecule has 0 radical (unpaired) electrons. The Balaban J connectivity index is 2.27. The van der Waals surface area contributed by atoms with Crippen molar-refractivity contribution in [2.75, 3.05) is 11.3 Å². The van der Waals surface area contributed by atoms with E-state index in [2.05, 4.69) is 31.8 Å². The van der Waals surface area contributed by atoms with Crippen LogP contribution < -0.4 is 10.0 Å². The summed E-state index contributed by atoms with van der Waals surface area (Å²) in [6.45, 7) is 4.90. The minimum atomic E-state index is -3.67. The van der Waals surface area contributed by atoms with Gasteiger partial charge in [-0.2, -0.15) is 0 Å². The van der Waals surface area contributed by atoms with Crippen LogP contribution in [-0.2, 0) is 10.0 Å². The predicted molar refractivity (Wildman–Crippen MR) is 81.7 cm³/mol. The molecule has 2 rings (SSSR count). The number of benzene rings is 1. The number of rotatable bonds is 7. The fraction of sp³-hybridized carbons (Fsp3) is 0.417. The van der Waals surface area contributed by atoms with Crippen LogP contribution in [0, 0.1) is 0 Å². The normalized spacial score (nSPS) is 13.0. The van der Waals surface area contributed by atoms with Crippen LogP contribution in [0.1, 0.15) is 31.9 Å². The van der Waals surface area contributed by atoms with Crippen LogP contribution >= 0.6 is 11.5 Å². The summed E-state index contributed by atoms with van der Waals surface area (Å²) in [4.78, 5) is 0.201. The third-order valence-corrected chi connectivity index (χ3v) is 4.93. The molecule has 0 amide bonds. The molecule has 21 heavy (non-hydrogen) atoms. The Morgan fingerprint density at radius 1 is 1.33 bits per heavy atom. The molecule has 0 aliphatic rings. The molecule has 0 aliphatic carbocycles. The summed E-state index contributed by atoms with van der Waals surface area (Å²) < 4.78 is 30.5. The lowest BCUT2D eigenvalue weighted by molar-refractivity contribution is 0.536. The summed E-state index contributed by atoms with van der Waals surface area (Å²) in [6.07, 6.45) is 0.880. The highest BCUT2D eigenvalue weighted by Crippen LogP contribution is 2.22. The molecule has 114 valence electrons. The zero-order valence-corrected chi connectivity index (χ0v) is 13.4. The van der Waals surface area contributed by atoms with Crippen molar-refractivity contribution < 1.29 is 8.42 Å². The number of hydrogen-bond donors (Lipinski definition) is 2. The predicted octanol–water partition coefficient (Wildman–Crippen LogP) is 1.79. The van der Waals surface area contributed by atoms with Gasteiger partial charge in [0.05, 0.1) is 4.90 Å². The third-order valence-electron chi connectivity index (χ3n) is 2.95. The molecular formula is C12H17N5O2S2. The summed E-state index contributed by atoms with van der Waals surface area (Å²) in [5.74, 6) is 0. The Bertz CT molecular complexity index is 673. The van der Waals surface area contributed by atoms with Crippen LogP contribution in [-0.4, -0.2) is 29.8 Å². The fourth-order valence-corrected chi connectivity index (χ4v) is 3.63. The molecular weight excluding hydrogens is 310 g/mol. The van der Waals surface area contributed by atoms with E-state index in [9.17, 15) is 8.42 Å². The number of sulfonamides is 1. The van der Waals surface area contributed by atoms with E-state index in [1.54, 1.807) is 18.2 Å². The Morgan fingerprint density at radius 2 is 2.14 bits per heavy atom. The molecule has 1 atom stereocenters. The van der Waals surface area contributed by atoms with E-state index in [1.807, 2.05) is 13.0 Å². The highest BCUT2D eigenvalue weighted by atomic mass is 32.2. The summed E-state index contributed by atoms with van der Waals surface area (Å²) >= 11 is 0.893. The molecule has 2 aromatic rings. The van der Waals surface area contributed by atoms with E-state index in [4.69, 9.17) is 0 Å². The van der Waals surface area contributed by atoms with Crippen molar-refractivity contribution in [3.8, 4) is 0 Å². The number of anilines is 1. The van der Waals surface area contributed by atoms with E-state index in [0.717, 1.165) is 30.1 Å². The lowest BCUT2D eigenvalue weighted by Crippen LogP contribution is -2.20. The van der Waals surface area contributed by atoms with Crippen LogP contribution in [0.3, 0.4) is 0 Å². The molecule has 0 aliphatic heterocycles. The first-order chi connectivity index (χ1) is 10.1. The number of nitrogens with zero attached hydrogens (tertiary/aromatic N) is 3. The monoisotopic (exact) mass is 327 g/mol. The maximum atomic E-state index is 12.3. The fourth-order valence-electron chi connectivity index (χ4n) is 1.99. The van der Waals surface area contributed by atoms with Crippen LogP contribution in [0.5, 0.6) is 0 Å². The molecule has 0 saturated carbocycles. The van der Waals surface area contributed by atoms with Gasteiger partial charge in [0.2, 0.25) is 5.13 Å². The van der Waals surface area contributed by atoms with E-state index in [0.29, 0.717) is 0 Å². The van der Waals surface area contributed by atoms with Gasteiger partial charge < -0.3 is 5.32 Å². The minimum absolute atomic E-state index is 0.133. The van der Waals surface area contributed by atoms with E-state index >= 15 is 0 Å². The average molecular weight is 327 g/mol. The van der Waals surface area contributed by atoms with Gasteiger partial charge in [0.1, 0.15) is 0 Å². The van der Waals surface area contributed by atoms with Crippen LogP contribution in [0.4, 0.5) is 5.13 Å². The molecule has 0 spiro atoms. The Labute approximate surface area is 128 Å². The first kappa shape index (κ1) is 15.8. The van der Waals surface area contributed by atoms with Crippen molar-refractivity contribution in [2.45, 2.75) is 31.2 Å². The zero-order valence-electron chi connectivity index (χ0n) is 11.8. The van der Waals surface area contributed by atoms with Crippen molar-refractivity contribution in [3.05, 3.63) is 29.8 Å². The lowest BCUT2D eigenvalue weighted by Gasteiger charge is -2.17. The summed E-state index contributed by atoms with van der Waals surface area (Å²) in [5, 5.41) is 10.4. The van der Waals surface area contributed by atoms with Crippen molar-refractivity contribution in [1.82, 2.24) is 20.1 Å². The van der Waals surface area contributed by atoms with Crippen LogP contribution in [0.25, 0.3) is 0 Å². The van der Waals surface area contributed by atoms with Gasteiger partial charge in [0, 0.05) is 17.6 Å². The highest BCUT2D eigenvalue weighted by Gasteiger charge is 2.18. The topological polar surface area (TPSA) is 96.9 Å². The molecule has 1 heterocycles. The molecule has 0 bridgehead atoms. The molecule has 2 N–H and O–H groups in total. The van der Waals surface area contributed by atoms with E-state index in [1.165, 1.54) is 0 Å². The second kappa shape index (κ2) is 6.92. The van der Waals surface area contributed by atoms with Gasteiger partial charge in [-0.3, -0.25) is 4.72 Å². The van der Waals surface area contributed by atoms with Crippen LogP contribution in [0.2, 0.25) is 0 Å². The summed E-state index contributed by atoms with van der Waals surface area (Å²) in [5.41, 5.74) is 0.942. The van der Waals surface area contributed by atoms with Crippen molar-refractivity contribution in [2.24, 2.45) is 0 Å². The van der Waals surface area contributed by atoms with Gasteiger partial charge in [-0.15, -0.1) is 0 Å². The molecule has 9 heteroatoms. The molecule has 7 nitrogen and oxygen atoms in total. The smallest absolute Gasteiger partial charge is 0.263 e. The maximum absolute atomic E-state index is 12.3. The second-order valence-electron chi connectivity index (χ2n) is 4.36. The van der Waals surface area contributed by atoms with E-state index < -0.39 is 10.0 Å².